The van der Waals surface area contributed by atoms with Gasteiger partial charge in [0.2, 0.25) is 17.7 Å². The molecule has 12 nitrogen and oxygen atoms in total. The Morgan fingerprint density at radius 1 is 1.09 bits per heavy atom. The van der Waals surface area contributed by atoms with Gasteiger partial charge < -0.3 is 30.1 Å². The van der Waals surface area contributed by atoms with Crippen molar-refractivity contribution in [3.8, 4) is 5.75 Å². The summed E-state index contributed by atoms with van der Waals surface area (Å²) in [5.74, 6) is -4.33. The number of carbonyl (C=O) groups is 4. The van der Waals surface area contributed by atoms with Crippen molar-refractivity contribution in [3.05, 3.63) is 29.8 Å². The number of fused-ring (bicyclic) bond motifs is 2. The second-order valence-electron chi connectivity index (χ2n) is 14.5. The number of hydrogen-bond acceptors (Lipinski definition) is 7. The van der Waals surface area contributed by atoms with Crippen LogP contribution in [0.15, 0.2) is 24.3 Å². The molecule has 5 atom stereocenters. The molecule has 0 spiro atoms. The van der Waals surface area contributed by atoms with Crippen LogP contribution in [0.5, 0.6) is 5.75 Å². The monoisotopic (exact) mass is 663 g/mol. The van der Waals surface area contributed by atoms with Crippen LogP contribution in [-0.2, 0) is 19.1 Å². The van der Waals surface area contributed by atoms with Crippen LogP contribution in [0.4, 0.5) is 13.6 Å². The lowest BCUT2D eigenvalue weighted by Gasteiger charge is -2.45. The third-order valence-corrected chi connectivity index (χ3v) is 9.58. The van der Waals surface area contributed by atoms with Crippen molar-refractivity contribution in [2.75, 3.05) is 46.0 Å². The van der Waals surface area contributed by atoms with E-state index in [2.05, 4.69) is 10.6 Å². The molecule has 0 saturated carbocycles. The molecule has 4 aliphatic rings. The summed E-state index contributed by atoms with van der Waals surface area (Å²) < 4.78 is 40.5. The summed E-state index contributed by atoms with van der Waals surface area (Å²) >= 11 is 0. The first-order valence-corrected chi connectivity index (χ1v) is 16.5. The molecular formula is C33H47F2N5O7. The molecule has 3 saturated heterocycles. The number of halogens is 2. The first kappa shape index (κ1) is 34.8. The van der Waals surface area contributed by atoms with Crippen LogP contribution in [0, 0.1) is 11.3 Å². The maximum Gasteiger partial charge on any atom is 0.407 e. The van der Waals surface area contributed by atoms with Crippen molar-refractivity contribution in [2.24, 2.45) is 11.3 Å². The van der Waals surface area contributed by atoms with Gasteiger partial charge >= 0.3 is 6.09 Å². The highest BCUT2D eigenvalue weighted by Crippen LogP contribution is 2.37. The van der Waals surface area contributed by atoms with Gasteiger partial charge in [0.1, 0.15) is 23.9 Å². The third-order valence-electron chi connectivity index (χ3n) is 9.58. The molecule has 0 unspecified atom stereocenters. The fraction of sp³-hybridized carbons (Fsp3) is 0.697. The standard InChI is InChI=1S/C33H47F2N5O7/c1-20(40(31(44)45)18-32(2,3)4)28(41)37-27(21-9-12-46-13-10-21)30(43)39-16-22-15-33(34,35)19-38(22)17-25(39)29(42)36-24-11-14-47-26-8-6-5-7-23(24)26/h5-8,20-22,24-25,27H,9-19H2,1-4H3,(H,36,42)(H,37,41)(H,44,45)/t20-,22+,24+,25-,27-/m0/s1. The summed E-state index contributed by atoms with van der Waals surface area (Å²) in [6.07, 6.45) is -0.299. The first-order chi connectivity index (χ1) is 22.1. The van der Waals surface area contributed by atoms with Crippen molar-refractivity contribution >= 4 is 23.8 Å². The molecule has 4 amide bonds. The molecule has 4 heterocycles. The molecule has 260 valence electrons. The molecule has 47 heavy (non-hydrogen) atoms. The fourth-order valence-electron chi connectivity index (χ4n) is 7.17. The number of rotatable bonds is 8. The average molecular weight is 664 g/mol. The SMILES string of the molecule is C[C@@H](C(=O)N[C@H](C(=O)N1C[C@H]2CC(F)(F)CN2C[C@H]1C(=O)N[C@@H]1CCOc2ccccc21)C1CCOCC1)N(CC(C)(C)C)C(=O)O. The van der Waals surface area contributed by atoms with Crippen LogP contribution >= 0.6 is 0 Å². The van der Waals surface area contributed by atoms with E-state index in [1.807, 2.05) is 45.0 Å². The molecule has 14 heteroatoms. The van der Waals surface area contributed by atoms with Crippen LogP contribution in [0.2, 0.25) is 0 Å². The summed E-state index contributed by atoms with van der Waals surface area (Å²) in [4.78, 5) is 58.4. The Morgan fingerprint density at radius 3 is 2.47 bits per heavy atom. The number of alkyl halides is 2. The number of piperazine rings is 1. The number of hydrogen-bond donors (Lipinski definition) is 3. The Hall–Kier alpha value is -3.52. The average Bonchev–Trinajstić information content (AvgIpc) is 3.33. The van der Waals surface area contributed by atoms with Gasteiger partial charge in [0.05, 0.1) is 19.2 Å². The van der Waals surface area contributed by atoms with Crippen LogP contribution in [0.25, 0.3) is 0 Å². The highest BCUT2D eigenvalue weighted by Gasteiger charge is 2.52. The third kappa shape index (κ3) is 8.14. The Kier molecular flexibility index (Phi) is 10.3. The molecule has 3 N–H and O–H groups in total. The van der Waals surface area contributed by atoms with Gasteiger partial charge in [-0.25, -0.2) is 13.6 Å². The first-order valence-electron chi connectivity index (χ1n) is 16.5. The Balaban J connectivity index is 1.42. The highest BCUT2D eigenvalue weighted by atomic mass is 19.3. The minimum atomic E-state index is -2.96. The Labute approximate surface area is 274 Å². The predicted molar refractivity (Wildman–Crippen MR) is 167 cm³/mol. The van der Waals surface area contributed by atoms with Gasteiger partial charge in [-0.2, -0.15) is 0 Å². The molecule has 4 aliphatic heterocycles. The van der Waals surface area contributed by atoms with Crippen molar-refractivity contribution in [1.29, 1.82) is 0 Å². The van der Waals surface area contributed by atoms with Crippen LogP contribution in [-0.4, -0.2) is 120 Å². The summed E-state index contributed by atoms with van der Waals surface area (Å²) in [6.45, 7) is 7.56. The lowest BCUT2D eigenvalue weighted by Crippen LogP contribution is -2.67. The second-order valence-corrected chi connectivity index (χ2v) is 14.5. The van der Waals surface area contributed by atoms with E-state index in [4.69, 9.17) is 9.47 Å². The van der Waals surface area contributed by atoms with E-state index in [1.54, 1.807) is 4.90 Å². The van der Waals surface area contributed by atoms with E-state index in [0.717, 1.165) is 10.5 Å². The Morgan fingerprint density at radius 2 is 1.79 bits per heavy atom. The van der Waals surface area contributed by atoms with Gasteiger partial charge in [0.25, 0.3) is 5.92 Å². The van der Waals surface area contributed by atoms with Gasteiger partial charge in [-0.05, 0) is 37.2 Å². The second kappa shape index (κ2) is 13.9. The molecule has 1 aromatic rings. The zero-order valence-electron chi connectivity index (χ0n) is 27.5. The van der Waals surface area contributed by atoms with Crippen LogP contribution in [0.3, 0.4) is 0 Å². The van der Waals surface area contributed by atoms with E-state index < -0.39 is 72.3 Å². The van der Waals surface area contributed by atoms with Gasteiger partial charge in [-0.1, -0.05) is 39.0 Å². The van der Waals surface area contributed by atoms with Crippen molar-refractivity contribution < 1.29 is 42.5 Å². The fourth-order valence-corrected chi connectivity index (χ4v) is 7.17. The minimum absolute atomic E-state index is 0.0775. The van der Waals surface area contributed by atoms with E-state index in [-0.39, 0.29) is 31.6 Å². The van der Waals surface area contributed by atoms with E-state index in [1.165, 1.54) is 11.8 Å². The zero-order chi connectivity index (χ0) is 34.1. The predicted octanol–water partition coefficient (Wildman–Crippen LogP) is 2.87. The van der Waals surface area contributed by atoms with Gasteiger partial charge in [0, 0.05) is 57.3 Å². The van der Waals surface area contributed by atoms with E-state index >= 15 is 0 Å². The summed E-state index contributed by atoms with van der Waals surface area (Å²) in [6, 6.07) is 3.01. The van der Waals surface area contributed by atoms with Crippen LogP contribution < -0.4 is 15.4 Å². The summed E-state index contributed by atoms with van der Waals surface area (Å²) in [5.41, 5.74) is 0.364. The van der Waals surface area contributed by atoms with Crippen LogP contribution in [0.1, 0.15) is 65.0 Å². The number of benzene rings is 1. The number of amides is 4. The molecule has 0 aliphatic carbocycles. The topological polar surface area (TPSA) is 141 Å². The van der Waals surface area contributed by atoms with Gasteiger partial charge in [-0.3, -0.25) is 24.2 Å². The maximum absolute atomic E-state index is 14.6. The normalized spacial score (nSPS) is 25.8. The van der Waals surface area contributed by atoms with Crippen molar-refractivity contribution in [3.63, 3.8) is 0 Å². The number of nitrogens with zero attached hydrogens (tertiary/aromatic N) is 3. The molecule has 3 fully saturated rings. The molecular weight excluding hydrogens is 616 g/mol. The molecule has 5 rings (SSSR count). The zero-order valence-corrected chi connectivity index (χ0v) is 27.5. The van der Waals surface area contributed by atoms with Crippen molar-refractivity contribution in [2.45, 2.75) is 89.5 Å². The summed E-state index contributed by atoms with van der Waals surface area (Å²) in [5, 5.41) is 15.8. The van der Waals surface area contributed by atoms with Gasteiger partial charge in [-0.15, -0.1) is 0 Å². The molecule has 0 radical (unpaired) electrons. The number of para-hydroxylation sites is 1. The number of carbonyl (C=O) groups excluding carboxylic acids is 3. The summed E-state index contributed by atoms with van der Waals surface area (Å²) in [7, 11) is 0. The smallest absolute Gasteiger partial charge is 0.407 e. The Bertz CT molecular complexity index is 1330. The highest BCUT2D eigenvalue weighted by molar-refractivity contribution is 5.94. The van der Waals surface area contributed by atoms with Gasteiger partial charge in [0.15, 0.2) is 0 Å². The van der Waals surface area contributed by atoms with E-state index in [9.17, 15) is 33.1 Å². The largest absolute Gasteiger partial charge is 0.493 e. The molecule has 0 aromatic heterocycles. The lowest BCUT2D eigenvalue weighted by atomic mass is 9.89. The quantitative estimate of drug-likeness (QED) is 0.386. The van der Waals surface area contributed by atoms with E-state index in [0.29, 0.717) is 44.8 Å². The number of nitrogens with one attached hydrogen (secondary N) is 2. The van der Waals surface area contributed by atoms with Crippen molar-refractivity contribution in [1.82, 2.24) is 25.3 Å². The molecule has 0 bridgehead atoms. The lowest BCUT2D eigenvalue weighted by molar-refractivity contribution is -0.150. The minimum Gasteiger partial charge on any atom is -0.493 e. The number of ether oxygens (including phenoxy) is 2. The number of carboxylic acid groups (broad SMARTS) is 1. The molecule has 1 aromatic carbocycles. The maximum atomic E-state index is 14.6.